The second-order valence-electron chi connectivity index (χ2n) is 9.12. The van der Waals surface area contributed by atoms with Gasteiger partial charge in [0.25, 0.3) is 0 Å². The van der Waals surface area contributed by atoms with Gasteiger partial charge in [0, 0.05) is 48.8 Å². The Balaban J connectivity index is 1.01. The Morgan fingerprint density at radius 2 is 0.600 bits per heavy atom. The van der Waals surface area contributed by atoms with Crippen molar-refractivity contribution in [3.05, 3.63) is 82.6 Å². The highest BCUT2D eigenvalue weighted by Crippen LogP contribution is 2.46. The van der Waals surface area contributed by atoms with Gasteiger partial charge in [-0.3, -0.25) is 0 Å². The van der Waals surface area contributed by atoms with E-state index in [2.05, 4.69) is 86.6 Å². The monoisotopic (exact) mass is 662 g/mol. The van der Waals surface area contributed by atoms with Gasteiger partial charge in [-0.1, -0.05) is 22.7 Å². The summed E-state index contributed by atoms with van der Waals surface area (Å²) in [7, 11) is 0. The first kappa shape index (κ1) is 25.4. The van der Waals surface area contributed by atoms with Gasteiger partial charge in [0.05, 0.1) is 9.75 Å². The predicted octanol–water partition coefficient (Wildman–Crippen LogP) is 12.7. The Labute approximate surface area is 263 Å². The molecular weight excluding hydrogens is 645 g/mol. The van der Waals surface area contributed by atoms with Crippen LogP contribution in [-0.2, 0) is 0 Å². The number of fused-ring (bicyclic) bond motifs is 1. The molecule has 8 aromatic rings. The molecule has 0 fully saturated rings. The molecule has 0 aromatic carbocycles. The fourth-order valence-electron chi connectivity index (χ4n) is 4.36. The van der Waals surface area contributed by atoms with Crippen molar-refractivity contribution in [2.45, 2.75) is 13.8 Å². The Bertz CT molecular complexity index is 2080. The molecule has 0 saturated carbocycles. The van der Waals surface area contributed by atoms with E-state index in [-0.39, 0.29) is 0 Å². The molecule has 0 aliphatic rings. The SMILES string of the molecule is Cc1ccc(-c2ccc(-c3ccc(-c4ccc(-c5ccc(-c6nc7sc(-c8ccc(C)s8)nc7s6)s5)s4)s3)s2)s1. The largest absolute Gasteiger partial charge is 0.222 e. The number of hydrogen-bond donors (Lipinski definition) is 0. The molecule has 0 aliphatic heterocycles. The van der Waals surface area contributed by atoms with E-state index in [0.717, 1.165) is 19.7 Å². The van der Waals surface area contributed by atoms with Crippen molar-refractivity contribution in [1.82, 2.24) is 9.97 Å². The third-order valence-corrected chi connectivity index (χ3v) is 15.8. The molecule has 0 amide bonds. The minimum Gasteiger partial charge on any atom is -0.222 e. The molecule has 8 aromatic heterocycles. The lowest BCUT2D eigenvalue weighted by Gasteiger charge is -1.93. The smallest absolute Gasteiger partial charge is 0.155 e. The molecule has 8 heterocycles. The first-order chi connectivity index (χ1) is 19.6. The van der Waals surface area contributed by atoms with Crippen molar-refractivity contribution in [3.63, 3.8) is 0 Å². The van der Waals surface area contributed by atoms with Crippen molar-refractivity contribution in [1.29, 1.82) is 0 Å². The van der Waals surface area contributed by atoms with Crippen LogP contribution in [0.5, 0.6) is 0 Å². The number of thiophene rings is 6. The minimum absolute atomic E-state index is 1.03. The average Bonchev–Trinajstić information content (AvgIpc) is 3.78. The van der Waals surface area contributed by atoms with Crippen LogP contribution in [-0.4, -0.2) is 9.97 Å². The van der Waals surface area contributed by atoms with Crippen LogP contribution in [0.3, 0.4) is 0 Å². The molecule has 0 aliphatic carbocycles. The fraction of sp³-hybridized carbons (Fsp3) is 0.0667. The van der Waals surface area contributed by atoms with E-state index in [1.165, 1.54) is 58.5 Å². The van der Waals surface area contributed by atoms with Gasteiger partial charge in [-0.05, 0) is 86.6 Å². The molecule has 196 valence electrons. The maximum absolute atomic E-state index is 4.95. The first-order valence-electron chi connectivity index (χ1n) is 12.4. The molecule has 0 radical (unpaired) electrons. The van der Waals surface area contributed by atoms with E-state index in [0.29, 0.717) is 0 Å². The maximum Gasteiger partial charge on any atom is 0.155 e. The van der Waals surface area contributed by atoms with Gasteiger partial charge in [-0.25, -0.2) is 9.97 Å². The summed E-state index contributed by atoms with van der Waals surface area (Å²) in [6.45, 7) is 4.30. The number of rotatable bonds is 6. The summed E-state index contributed by atoms with van der Waals surface area (Å²) in [4.78, 5) is 27.6. The summed E-state index contributed by atoms with van der Waals surface area (Å²) in [5.41, 5.74) is 0. The number of hydrogen-bond acceptors (Lipinski definition) is 10. The van der Waals surface area contributed by atoms with Crippen LogP contribution in [0.25, 0.3) is 68.4 Å². The van der Waals surface area contributed by atoms with Crippen molar-refractivity contribution in [2.75, 3.05) is 0 Å². The van der Waals surface area contributed by atoms with Crippen LogP contribution in [0.15, 0.2) is 72.8 Å². The van der Waals surface area contributed by atoms with E-state index < -0.39 is 0 Å². The zero-order valence-electron chi connectivity index (χ0n) is 21.1. The zero-order valence-corrected chi connectivity index (χ0v) is 27.6. The highest BCUT2D eigenvalue weighted by atomic mass is 32.1. The lowest BCUT2D eigenvalue weighted by atomic mass is 10.3. The normalized spacial score (nSPS) is 11.8. The maximum atomic E-state index is 4.95. The summed E-state index contributed by atoms with van der Waals surface area (Å²) in [5.74, 6) is 0. The molecule has 0 spiro atoms. The summed E-state index contributed by atoms with van der Waals surface area (Å²) in [6.07, 6.45) is 0. The molecule has 2 nitrogen and oxygen atoms in total. The molecule has 0 atom stereocenters. The lowest BCUT2D eigenvalue weighted by Crippen LogP contribution is -1.67. The summed E-state index contributed by atoms with van der Waals surface area (Å²) < 4.78 is 0. The van der Waals surface area contributed by atoms with Crippen LogP contribution in [0.2, 0.25) is 0 Å². The summed E-state index contributed by atoms with van der Waals surface area (Å²) in [5, 5.41) is 2.14. The highest BCUT2D eigenvalue weighted by molar-refractivity contribution is 7.33. The van der Waals surface area contributed by atoms with Gasteiger partial charge in [-0.2, -0.15) is 0 Å². The van der Waals surface area contributed by atoms with Gasteiger partial charge in [0.2, 0.25) is 0 Å². The van der Waals surface area contributed by atoms with Crippen molar-refractivity contribution in [2.24, 2.45) is 0 Å². The number of aromatic nitrogens is 2. The molecule has 0 unspecified atom stereocenters. The van der Waals surface area contributed by atoms with Crippen molar-refractivity contribution in [3.8, 4) is 58.8 Å². The number of aryl methyl sites for hydroxylation is 2. The molecule has 0 N–H and O–H groups in total. The standard InChI is InChI=1S/C30H18N2S8/c1-15-3-5-17(33-15)18-7-8-19(35-18)20-9-10-21(36-20)22-11-12-23(37-22)24-13-14-26(38-24)28-32-30-29(40-28)31-27(39-30)25-6-4-16(2)34-25/h3-14H,1-2H3. The third kappa shape index (κ3) is 4.70. The minimum atomic E-state index is 1.03. The first-order valence-corrected chi connectivity index (χ1v) is 18.9. The van der Waals surface area contributed by atoms with Crippen LogP contribution in [0.1, 0.15) is 9.75 Å². The molecule has 8 rings (SSSR count). The second kappa shape index (κ2) is 10.2. The highest BCUT2D eigenvalue weighted by Gasteiger charge is 2.17. The van der Waals surface area contributed by atoms with E-state index >= 15 is 0 Å². The van der Waals surface area contributed by atoms with Crippen molar-refractivity contribution < 1.29 is 0 Å². The van der Waals surface area contributed by atoms with Gasteiger partial charge < -0.3 is 0 Å². The third-order valence-electron chi connectivity index (χ3n) is 6.27. The molecule has 10 heteroatoms. The quantitative estimate of drug-likeness (QED) is 0.177. The van der Waals surface area contributed by atoms with Gasteiger partial charge >= 0.3 is 0 Å². The van der Waals surface area contributed by atoms with E-state index in [1.807, 2.05) is 56.7 Å². The van der Waals surface area contributed by atoms with E-state index in [1.54, 1.807) is 34.0 Å². The van der Waals surface area contributed by atoms with Crippen LogP contribution in [0.4, 0.5) is 0 Å². The number of thiazole rings is 2. The van der Waals surface area contributed by atoms with Gasteiger partial charge in [-0.15, -0.1) is 68.0 Å². The van der Waals surface area contributed by atoms with Gasteiger partial charge in [0.15, 0.2) is 9.66 Å². The number of nitrogens with zero attached hydrogens (tertiary/aromatic N) is 2. The Kier molecular flexibility index (Phi) is 6.50. The second-order valence-corrected chi connectivity index (χ2v) is 18.0. The molecule has 0 saturated heterocycles. The van der Waals surface area contributed by atoms with Crippen LogP contribution < -0.4 is 0 Å². The predicted molar refractivity (Wildman–Crippen MR) is 185 cm³/mol. The van der Waals surface area contributed by atoms with Crippen LogP contribution in [0, 0.1) is 13.8 Å². The zero-order chi connectivity index (χ0) is 26.8. The molecule has 0 bridgehead atoms. The Morgan fingerprint density at radius 3 is 0.975 bits per heavy atom. The summed E-state index contributed by atoms with van der Waals surface area (Å²) in [6, 6.07) is 26.8. The van der Waals surface area contributed by atoms with Crippen molar-refractivity contribution >= 4 is 100 Å². The molecule has 40 heavy (non-hydrogen) atoms. The average molecular weight is 663 g/mol. The summed E-state index contributed by atoms with van der Waals surface area (Å²) >= 11 is 14.5. The molecular formula is C30H18N2S8. The topological polar surface area (TPSA) is 25.8 Å². The van der Waals surface area contributed by atoms with Crippen LogP contribution >= 0.6 is 90.7 Å². The van der Waals surface area contributed by atoms with E-state index in [4.69, 9.17) is 9.97 Å². The Hall–Kier alpha value is -2.28. The Morgan fingerprint density at radius 1 is 0.325 bits per heavy atom. The van der Waals surface area contributed by atoms with Gasteiger partial charge in [0.1, 0.15) is 10.0 Å². The fourth-order valence-corrected chi connectivity index (χ4v) is 12.6. The lowest BCUT2D eigenvalue weighted by molar-refractivity contribution is 1.51. The van der Waals surface area contributed by atoms with E-state index in [9.17, 15) is 0 Å².